The van der Waals surface area contributed by atoms with Crippen molar-refractivity contribution in [3.05, 3.63) is 40.7 Å². The van der Waals surface area contributed by atoms with Gasteiger partial charge in [0.1, 0.15) is 0 Å². The van der Waals surface area contributed by atoms with Gasteiger partial charge in [0.05, 0.1) is 11.4 Å². The predicted octanol–water partition coefficient (Wildman–Crippen LogP) is 2.96. The Kier molecular flexibility index (Phi) is 4.16. The maximum Gasteiger partial charge on any atom is 0.358 e. The molecule has 5 nitrogen and oxygen atoms in total. The Balaban J connectivity index is 2.44. The summed E-state index contributed by atoms with van der Waals surface area (Å²) in [5.41, 5.74) is 1.40. The zero-order chi connectivity index (χ0) is 13.8. The first-order valence-corrected chi connectivity index (χ1v) is 6.45. The van der Waals surface area contributed by atoms with Crippen molar-refractivity contribution >= 4 is 17.6 Å². The minimum absolute atomic E-state index is 0.0170. The Hall–Kier alpha value is -1.88. The summed E-state index contributed by atoms with van der Waals surface area (Å²) in [7, 11) is 0. The van der Waals surface area contributed by atoms with E-state index in [1.54, 1.807) is 28.9 Å². The molecule has 1 aromatic heterocycles. The average molecular weight is 280 g/mol. The number of carbonyl (C=O) groups is 1. The third kappa shape index (κ3) is 2.93. The minimum Gasteiger partial charge on any atom is -0.476 e. The number of unbranched alkanes of at least 4 members (excludes halogenated alkanes) is 1. The molecule has 2 rings (SSSR count). The van der Waals surface area contributed by atoms with Crippen molar-refractivity contribution in [2.45, 2.75) is 26.2 Å². The van der Waals surface area contributed by atoms with Gasteiger partial charge in [0.25, 0.3) is 0 Å². The van der Waals surface area contributed by atoms with E-state index in [1.807, 2.05) is 0 Å². The fraction of sp³-hybridized carbons (Fsp3) is 0.308. The van der Waals surface area contributed by atoms with Crippen LogP contribution in [0, 0.1) is 0 Å². The number of hydrogen-bond donors (Lipinski definition) is 1. The molecule has 19 heavy (non-hydrogen) atoms. The van der Waals surface area contributed by atoms with Gasteiger partial charge in [-0.15, -0.1) is 5.10 Å². The summed E-state index contributed by atoms with van der Waals surface area (Å²) in [5.74, 6) is -1.05. The van der Waals surface area contributed by atoms with Crippen LogP contribution in [0.2, 0.25) is 5.02 Å². The van der Waals surface area contributed by atoms with Gasteiger partial charge >= 0.3 is 5.97 Å². The van der Waals surface area contributed by atoms with Crippen molar-refractivity contribution in [2.75, 3.05) is 0 Å². The van der Waals surface area contributed by atoms with Crippen LogP contribution in [0.3, 0.4) is 0 Å². The summed E-state index contributed by atoms with van der Waals surface area (Å²) in [4.78, 5) is 11.1. The fourth-order valence-corrected chi connectivity index (χ4v) is 1.95. The molecule has 0 atom stereocenters. The van der Waals surface area contributed by atoms with Crippen LogP contribution in [0.5, 0.6) is 0 Å². The minimum atomic E-state index is -1.05. The Bertz CT molecular complexity index is 578. The summed E-state index contributed by atoms with van der Waals surface area (Å²) >= 11 is 5.84. The monoisotopic (exact) mass is 279 g/mol. The molecule has 1 heterocycles. The molecule has 0 saturated carbocycles. The van der Waals surface area contributed by atoms with Crippen molar-refractivity contribution < 1.29 is 9.90 Å². The first-order valence-electron chi connectivity index (χ1n) is 6.07. The topological polar surface area (TPSA) is 68.0 Å². The highest BCUT2D eigenvalue weighted by molar-refractivity contribution is 6.30. The molecule has 0 amide bonds. The molecule has 0 spiro atoms. The second kappa shape index (κ2) is 5.84. The van der Waals surface area contributed by atoms with E-state index in [0.29, 0.717) is 17.1 Å². The van der Waals surface area contributed by atoms with E-state index < -0.39 is 5.97 Å². The van der Waals surface area contributed by atoms with Crippen LogP contribution in [-0.2, 0) is 6.42 Å². The standard InChI is InChI=1S/C13H14ClN3O2/c1-2-3-4-11-12(13(18)19)15-16-17(11)10-7-5-9(14)6-8-10/h5-8H,2-4H2,1H3,(H,18,19). The van der Waals surface area contributed by atoms with E-state index in [-0.39, 0.29) is 5.69 Å². The lowest BCUT2D eigenvalue weighted by Crippen LogP contribution is -2.07. The molecular formula is C13H14ClN3O2. The van der Waals surface area contributed by atoms with Crippen molar-refractivity contribution in [1.29, 1.82) is 0 Å². The second-order valence-corrected chi connectivity index (χ2v) is 4.62. The normalized spacial score (nSPS) is 10.6. The molecule has 0 aliphatic heterocycles. The molecule has 2 aromatic rings. The van der Waals surface area contributed by atoms with E-state index in [0.717, 1.165) is 18.5 Å². The lowest BCUT2D eigenvalue weighted by Gasteiger charge is -2.06. The number of nitrogens with zero attached hydrogens (tertiary/aromatic N) is 3. The highest BCUT2D eigenvalue weighted by atomic mass is 35.5. The number of halogens is 1. The summed E-state index contributed by atoms with van der Waals surface area (Å²) in [6.07, 6.45) is 2.50. The Morgan fingerprint density at radius 2 is 2.05 bits per heavy atom. The number of benzene rings is 1. The van der Waals surface area contributed by atoms with Crippen molar-refractivity contribution in [3.8, 4) is 5.69 Å². The highest BCUT2D eigenvalue weighted by Gasteiger charge is 2.19. The molecule has 1 aromatic carbocycles. The van der Waals surface area contributed by atoms with Crippen LogP contribution < -0.4 is 0 Å². The lowest BCUT2D eigenvalue weighted by molar-refractivity contribution is 0.0689. The average Bonchev–Trinajstić information content (AvgIpc) is 2.81. The van der Waals surface area contributed by atoms with Crippen molar-refractivity contribution in [1.82, 2.24) is 15.0 Å². The zero-order valence-corrected chi connectivity index (χ0v) is 11.3. The molecule has 0 bridgehead atoms. The van der Waals surface area contributed by atoms with Gasteiger partial charge in [-0.05, 0) is 37.1 Å². The molecule has 0 aliphatic carbocycles. The first-order chi connectivity index (χ1) is 9.13. The molecule has 100 valence electrons. The van der Waals surface area contributed by atoms with Crippen LogP contribution >= 0.6 is 11.6 Å². The van der Waals surface area contributed by atoms with Crippen LogP contribution in [0.25, 0.3) is 5.69 Å². The van der Waals surface area contributed by atoms with Crippen molar-refractivity contribution in [3.63, 3.8) is 0 Å². The van der Waals surface area contributed by atoms with Gasteiger partial charge in [-0.3, -0.25) is 0 Å². The van der Waals surface area contributed by atoms with Gasteiger partial charge < -0.3 is 5.11 Å². The quantitative estimate of drug-likeness (QED) is 0.914. The molecule has 0 aliphatic rings. The number of carboxylic acid groups (broad SMARTS) is 1. The van der Waals surface area contributed by atoms with Gasteiger partial charge in [0, 0.05) is 5.02 Å². The van der Waals surface area contributed by atoms with Crippen LogP contribution in [0.1, 0.15) is 35.9 Å². The van der Waals surface area contributed by atoms with Gasteiger partial charge in [-0.1, -0.05) is 30.2 Å². The third-order valence-electron chi connectivity index (χ3n) is 2.80. The van der Waals surface area contributed by atoms with Gasteiger partial charge in [-0.2, -0.15) is 0 Å². The number of carboxylic acids is 1. The fourth-order valence-electron chi connectivity index (χ4n) is 1.83. The smallest absolute Gasteiger partial charge is 0.358 e. The molecule has 0 fully saturated rings. The van der Waals surface area contributed by atoms with Gasteiger partial charge in [0.15, 0.2) is 5.69 Å². The molecule has 1 N–H and O–H groups in total. The van der Waals surface area contributed by atoms with E-state index in [4.69, 9.17) is 16.7 Å². The third-order valence-corrected chi connectivity index (χ3v) is 3.06. The van der Waals surface area contributed by atoms with Gasteiger partial charge in [-0.25, -0.2) is 9.48 Å². The van der Waals surface area contributed by atoms with E-state index in [2.05, 4.69) is 17.2 Å². The molecule has 6 heteroatoms. The Labute approximate surface area is 115 Å². The Morgan fingerprint density at radius 1 is 1.37 bits per heavy atom. The van der Waals surface area contributed by atoms with Gasteiger partial charge in [0.2, 0.25) is 0 Å². The zero-order valence-electron chi connectivity index (χ0n) is 10.5. The lowest BCUT2D eigenvalue weighted by atomic mass is 10.1. The highest BCUT2D eigenvalue weighted by Crippen LogP contribution is 2.17. The summed E-state index contributed by atoms with van der Waals surface area (Å²) < 4.78 is 1.56. The van der Waals surface area contributed by atoms with E-state index in [1.165, 1.54) is 0 Å². The molecule has 0 unspecified atom stereocenters. The second-order valence-electron chi connectivity index (χ2n) is 4.18. The largest absolute Gasteiger partial charge is 0.476 e. The maximum atomic E-state index is 11.1. The summed E-state index contributed by atoms with van der Waals surface area (Å²) in [6.45, 7) is 2.05. The number of aromatic carboxylic acids is 1. The number of hydrogen-bond acceptors (Lipinski definition) is 3. The van der Waals surface area contributed by atoms with E-state index in [9.17, 15) is 4.79 Å². The van der Waals surface area contributed by atoms with Crippen LogP contribution in [-0.4, -0.2) is 26.1 Å². The van der Waals surface area contributed by atoms with Crippen LogP contribution in [0.4, 0.5) is 0 Å². The Morgan fingerprint density at radius 3 is 2.63 bits per heavy atom. The predicted molar refractivity (Wildman–Crippen MR) is 71.9 cm³/mol. The number of rotatable bonds is 5. The maximum absolute atomic E-state index is 11.1. The number of aromatic nitrogens is 3. The van der Waals surface area contributed by atoms with E-state index >= 15 is 0 Å². The SMILES string of the molecule is CCCCc1c(C(=O)O)nnn1-c1ccc(Cl)cc1. The first kappa shape index (κ1) is 13.5. The molecule has 0 radical (unpaired) electrons. The molecular weight excluding hydrogens is 266 g/mol. The molecule has 0 saturated heterocycles. The van der Waals surface area contributed by atoms with Crippen LogP contribution in [0.15, 0.2) is 24.3 Å². The van der Waals surface area contributed by atoms with Crippen molar-refractivity contribution in [2.24, 2.45) is 0 Å². The summed E-state index contributed by atoms with van der Waals surface area (Å²) in [6, 6.07) is 7.06. The summed E-state index contributed by atoms with van der Waals surface area (Å²) in [5, 5.41) is 17.4.